The molecule has 0 spiro atoms. The van der Waals surface area contributed by atoms with Gasteiger partial charge >= 0.3 is 0 Å². The highest BCUT2D eigenvalue weighted by Crippen LogP contribution is 2.27. The lowest BCUT2D eigenvalue weighted by Gasteiger charge is -2.32. The molecule has 0 fully saturated rings. The lowest BCUT2D eigenvalue weighted by atomic mass is 10.1. The number of hydrogen-bond donors (Lipinski definition) is 1. The summed E-state index contributed by atoms with van der Waals surface area (Å²) in [7, 11) is -1.08. The van der Waals surface area contributed by atoms with Gasteiger partial charge in [0.25, 0.3) is 10.0 Å². The van der Waals surface area contributed by atoms with Crippen LogP contribution >= 0.6 is 0 Å². The van der Waals surface area contributed by atoms with E-state index in [1.807, 2.05) is 26.8 Å². The molecular weight excluding hydrogens is 542 g/mol. The molecule has 1 atom stereocenters. The third-order valence-electron chi connectivity index (χ3n) is 6.59. The molecule has 0 aliphatic carbocycles. The molecule has 3 aromatic rings. The van der Waals surface area contributed by atoms with Crippen molar-refractivity contribution in [2.75, 3.05) is 31.6 Å². The number of sulfonamides is 1. The van der Waals surface area contributed by atoms with Crippen molar-refractivity contribution >= 4 is 27.5 Å². The predicted octanol–water partition coefficient (Wildman–Crippen LogP) is 4.40. The number of methoxy groups -OCH3 is 2. The van der Waals surface area contributed by atoms with E-state index in [0.29, 0.717) is 18.0 Å². The van der Waals surface area contributed by atoms with E-state index in [-0.39, 0.29) is 29.0 Å². The highest BCUT2D eigenvalue weighted by molar-refractivity contribution is 7.92. The van der Waals surface area contributed by atoms with Gasteiger partial charge in [0.05, 0.1) is 24.8 Å². The van der Waals surface area contributed by atoms with Crippen molar-refractivity contribution in [3.05, 3.63) is 83.9 Å². The molecule has 0 aliphatic rings. The zero-order valence-electron chi connectivity index (χ0n) is 24.5. The molecule has 0 radical (unpaired) electrons. The number of aryl methyl sites for hydroxylation is 1. The molecule has 1 N–H and O–H groups in total. The number of benzene rings is 3. The van der Waals surface area contributed by atoms with Crippen molar-refractivity contribution < 1.29 is 27.5 Å². The first-order chi connectivity index (χ1) is 19.5. The van der Waals surface area contributed by atoms with Gasteiger partial charge in [-0.15, -0.1) is 0 Å². The van der Waals surface area contributed by atoms with Gasteiger partial charge in [-0.05, 0) is 73.9 Å². The summed E-state index contributed by atoms with van der Waals surface area (Å²) in [6, 6.07) is 19.2. The summed E-state index contributed by atoms with van der Waals surface area (Å²) < 4.78 is 39.5. The average molecular weight is 582 g/mol. The minimum absolute atomic E-state index is 0.0498. The maximum atomic E-state index is 14.0. The number of nitrogens with zero attached hydrogens (tertiary/aromatic N) is 2. The molecule has 0 aromatic heterocycles. The third-order valence-corrected chi connectivity index (χ3v) is 8.38. The van der Waals surface area contributed by atoms with Crippen molar-refractivity contribution in [1.82, 2.24) is 10.2 Å². The van der Waals surface area contributed by atoms with Crippen LogP contribution in [0.2, 0.25) is 0 Å². The van der Waals surface area contributed by atoms with Gasteiger partial charge in [-0.2, -0.15) is 0 Å². The van der Waals surface area contributed by atoms with Gasteiger partial charge < -0.3 is 19.7 Å². The smallest absolute Gasteiger partial charge is 0.264 e. The monoisotopic (exact) mass is 581 g/mol. The van der Waals surface area contributed by atoms with Crippen LogP contribution in [-0.2, 0) is 26.2 Å². The first-order valence-electron chi connectivity index (χ1n) is 13.4. The van der Waals surface area contributed by atoms with Gasteiger partial charge in [-0.3, -0.25) is 13.9 Å². The summed E-state index contributed by atoms with van der Waals surface area (Å²) in [6.07, 6.45) is 0. The van der Waals surface area contributed by atoms with Gasteiger partial charge in [-0.1, -0.05) is 43.7 Å². The number of nitrogens with one attached hydrogen (secondary N) is 1. The van der Waals surface area contributed by atoms with E-state index in [9.17, 15) is 18.0 Å². The Bertz CT molecular complexity index is 1420. The van der Waals surface area contributed by atoms with Crippen molar-refractivity contribution in [1.29, 1.82) is 0 Å². The van der Waals surface area contributed by atoms with Crippen molar-refractivity contribution in [2.45, 2.75) is 45.2 Å². The SMILES string of the molecule is COc1ccc(N(CC(=O)N(Cc2cccc(OC)c2)[C@@H](C)C(=O)NCC(C)C)S(=O)(=O)c2ccc(C)cc2)cc1. The van der Waals surface area contributed by atoms with E-state index >= 15 is 0 Å². The minimum Gasteiger partial charge on any atom is -0.497 e. The molecule has 220 valence electrons. The van der Waals surface area contributed by atoms with E-state index in [2.05, 4.69) is 5.32 Å². The Kier molecular flexibility index (Phi) is 10.8. The van der Waals surface area contributed by atoms with Crippen molar-refractivity contribution in [3.8, 4) is 11.5 Å². The number of ether oxygens (including phenoxy) is 2. The molecule has 0 heterocycles. The van der Waals surface area contributed by atoms with E-state index in [0.717, 1.165) is 15.4 Å². The molecule has 3 aromatic carbocycles. The fourth-order valence-electron chi connectivity index (χ4n) is 4.12. The number of rotatable bonds is 13. The Labute approximate surface area is 243 Å². The van der Waals surface area contributed by atoms with E-state index in [1.165, 1.54) is 24.1 Å². The summed E-state index contributed by atoms with van der Waals surface area (Å²) >= 11 is 0. The summed E-state index contributed by atoms with van der Waals surface area (Å²) in [4.78, 5) is 28.6. The zero-order valence-corrected chi connectivity index (χ0v) is 25.3. The molecule has 0 saturated heterocycles. The van der Waals surface area contributed by atoms with Crippen molar-refractivity contribution in [2.24, 2.45) is 5.92 Å². The van der Waals surface area contributed by atoms with Gasteiger partial charge in [-0.25, -0.2) is 8.42 Å². The quantitative estimate of drug-likeness (QED) is 0.321. The second-order valence-corrected chi connectivity index (χ2v) is 12.1. The van der Waals surface area contributed by atoms with Crippen LogP contribution in [0.3, 0.4) is 0 Å². The van der Waals surface area contributed by atoms with Crippen LogP contribution in [0.15, 0.2) is 77.7 Å². The molecular formula is C31H39N3O6S. The first-order valence-corrected chi connectivity index (χ1v) is 14.8. The van der Waals surface area contributed by atoms with Gasteiger partial charge in [0.2, 0.25) is 11.8 Å². The lowest BCUT2D eigenvalue weighted by Crippen LogP contribution is -2.51. The number of amides is 2. The van der Waals surface area contributed by atoms with Gasteiger partial charge in [0, 0.05) is 13.1 Å². The van der Waals surface area contributed by atoms with Crippen LogP contribution in [0.4, 0.5) is 5.69 Å². The average Bonchev–Trinajstić information content (AvgIpc) is 2.97. The van der Waals surface area contributed by atoms with E-state index < -0.39 is 28.5 Å². The Hall–Kier alpha value is -4.05. The molecule has 0 bridgehead atoms. The van der Waals surface area contributed by atoms with Crippen LogP contribution in [0.5, 0.6) is 11.5 Å². The Balaban J connectivity index is 2.02. The maximum Gasteiger partial charge on any atom is 0.264 e. The summed E-state index contributed by atoms with van der Waals surface area (Å²) in [6.45, 7) is 7.47. The number of hydrogen-bond acceptors (Lipinski definition) is 6. The summed E-state index contributed by atoms with van der Waals surface area (Å²) in [5.41, 5.74) is 1.93. The van der Waals surface area contributed by atoms with E-state index in [4.69, 9.17) is 9.47 Å². The van der Waals surface area contributed by atoms with Crippen LogP contribution < -0.4 is 19.1 Å². The van der Waals surface area contributed by atoms with Crippen molar-refractivity contribution in [3.63, 3.8) is 0 Å². The molecule has 3 rings (SSSR count). The fraction of sp³-hybridized carbons (Fsp3) is 0.355. The molecule has 0 unspecified atom stereocenters. The lowest BCUT2D eigenvalue weighted by molar-refractivity contribution is -0.139. The number of anilines is 1. The Morgan fingerprint density at radius 3 is 2.10 bits per heavy atom. The second-order valence-electron chi connectivity index (χ2n) is 10.2. The minimum atomic E-state index is -4.15. The molecule has 10 heteroatoms. The fourth-order valence-corrected chi connectivity index (χ4v) is 5.53. The van der Waals surface area contributed by atoms with Crippen LogP contribution in [0.1, 0.15) is 31.9 Å². The Morgan fingerprint density at radius 2 is 1.51 bits per heavy atom. The topological polar surface area (TPSA) is 105 Å². The Morgan fingerprint density at radius 1 is 0.878 bits per heavy atom. The summed E-state index contributed by atoms with van der Waals surface area (Å²) in [5, 5.41) is 2.88. The zero-order chi connectivity index (χ0) is 30.2. The standard InChI is InChI=1S/C31H39N3O6S/c1-22(2)19-32-31(36)24(4)33(20-25-8-7-9-28(18-25)40-6)30(35)21-34(26-12-14-27(39-5)15-13-26)41(37,38)29-16-10-23(3)11-17-29/h7-18,22,24H,19-21H2,1-6H3,(H,32,36)/t24-/m0/s1. The highest BCUT2D eigenvalue weighted by Gasteiger charge is 2.32. The van der Waals surface area contributed by atoms with Crippen LogP contribution in [0, 0.1) is 12.8 Å². The molecule has 9 nitrogen and oxygen atoms in total. The predicted molar refractivity (Wildman–Crippen MR) is 160 cm³/mol. The molecule has 2 amide bonds. The van der Waals surface area contributed by atoms with Crippen LogP contribution in [-0.4, -0.2) is 58.5 Å². The second kappa shape index (κ2) is 14.0. The van der Waals surface area contributed by atoms with Crippen LogP contribution in [0.25, 0.3) is 0 Å². The largest absolute Gasteiger partial charge is 0.497 e. The number of carbonyl (C=O) groups is 2. The third kappa shape index (κ3) is 8.23. The normalized spacial score (nSPS) is 12.0. The van der Waals surface area contributed by atoms with Gasteiger partial charge in [0.15, 0.2) is 0 Å². The first kappa shape index (κ1) is 31.5. The number of carbonyl (C=O) groups excluding carboxylic acids is 2. The highest BCUT2D eigenvalue weighted by atomic mass is 32.2. The van der Waals surface area contributed by atoms with Gasteiger partial charge in [0.1, 0.15) is 24.1 Å². The van der Waals surface area contributed by atoms with E-state index in [1.54, 1.807) is 68.6 Å². The summed E-state index contributed by atoms with van der Waals surface area (Å²) in [5.74, 6) is 0.509. The maximum absolute atomic E-state index is 14.0. The molecule has 0 saturated carbocycles. The molecule has 41 heavy (non-hydrogen) atoms. The molecule has 0 aliphatic heterocycles.